The van der Waals surface area contributed by atoms with Crippen molar-refractivity contribution in [3.63, 3.8) is 0 Å². The predicted octanol–water partition coefficient (Wildman–Crippen LogP) is 0.966. The molecular formula is C11H22N2O2S. The molecule has 1 aliphatic carbocycles. The maximum atomic E-state index is 11.8. The van der Waals surface area contributed by atoms with Crippen LogP contribution in [0.15, 0.2) is 12.2 Å². The number of hydrogen-bond acceptors (Lipinski definition) is 3. The van der Waals surface area contributed by atoms with Gasteiger partial charge in [0.1, 0.15) is 0 Å². The molecule has 94 valence electrons. The zero-order valence-corrected chi connectivity index (χ0v) is 11.0. The fourth-order valence-electron chi connectivity index (χ4n) is 1.48. The van der Waals surface area contributed by atoms with Crippen molar-refractivity contribution < 1.29 is 8.42 Å². The molecule has 0 unspecified atom stereocenters. The molecule has 0 atom stereocenters. The summed E-state index contributed by atoms with van der Waals surface area (Å²) in [6.07, 6.45) is 3.16. The van der Waals surface area contributed by atoms with E-state index < -0.39 is 10.0 Å². The highest BCUT2D eigenvalue weighted by Crippen LogP contribution is 2.18. The smallest absolute Gasteiger partial charge is 0.214 e. The van der Waals surface area contributed by atoms with E-state index in [2.05, 4.69) is 11.9 Å². The zero-order valence-electron chi connectivity index (χ0n) is 10.2. The maximum Gasteiger partial charge on any atom is 0.214 e. The fourth-order valence-corrected chi connectivity index (χ4v) is 2.72. The molecule has 16 heavy (non-hydrogen) atoms. The molecule has 1 fully saturated rings. The van der Waals surface area contributed by atoms with Gasteiger partial charge >= 0.3 is 0 Å². The predicted molar refractivity (Wildman–Crippen MR) is 66.9 cm³/mol. The second kappa shape index (κ2) is 5.80. The Labute approximate surface area is 98.8 Å². The molecule has 0 aromatic rings. The number of rotatable bonds is 8. The summed E-state index contributed by atoms with van der Waals surface area (Å²) in [5.74, 6) is 0.219. The van der Waals surface area contributed by atoms with E-state index in [9.17, 15) is 8.42 Å². The van der Waals surface area contributed by atoms with Crippen LogP contribution >= 0.6 is 0 Å². The molecule has 5 heteroatoms. The molecule has 0 heterocycles. The molecule has 1 aliphatic rings. The van der Waals surface area contributed by atoms with Crippen molar-refractivity contribution in [2.24, 2.45) is 0 Å². The van der Waals surface area contributed by atoms with Crippen LogP contribution in [0, 0.1) is 0 Å². The first-order valence-corrected chi connectivity index (χ1v) is 7.34. The quantitative estimate of drug-likeness (QED) is 0.513. The van der Waals surface area contributed by atoms with Crippen molar-refractivity contribution in [1.29, 1.82) is 0 Å². The fraction of sp³-hybridized carbons (Fsp3) is 0.818. The molecule has 1 saturated carbocycles. The molecule has 0 aromatic heterocycles. The van der Waals surface area contributed by atoms with Gasteiger partial charge < -0.3 is 5.32 Å². The molecule has 0 amide bonds. The Bertz CT molecular complexity index is 334. The van der Waals surface area contributed by atoms with Gasteiger partial charge in [-0.1, -0.05) is 12.2 Å². The van der Waals surface area contributed by atoms with E-state index in [1.54, 1.807) is 7.05 Å². The first-order chi connectivity index (χ1) is 7.42. The van der Waals surface area contributed by atoms with Gasteiger partial charge in [0, 0.05) is 19.6 Å². The van der Waals surface area contributed by atoms with Crippen LogP contribution in [0.4, 0.5) is 0 Å². The lowest BCUT2D eigenvalue weighted by Gasteiger charge is -2.17. The molecule has 0 aliphatic heterocycles. The average Bonchev–Trinajstić information content (AvgIpc) is 2.95. The number of nitrogens with one attached hydrogen (secondary N) is 1. The monoisotopic (exact) mass is 246 g/mol. The minimum Gasteiger partial charge on any atom is -0.314 e. The Hall–Kier alpha value is -0.390. The Kier molecular flexibility index (Phi) is 4.95. The Balaban J connectivity index is 2.23. The van der Waals surface area contributed by atoms with Crippen molar-refractivity contribution in [3.05, 3.63) is 12.2 Å². The van der Waals surface area contributed by atoms with Crippen LogP contribution < -0.4 is 5.32 Å². The lowest BCUT2D eigenvalue weighted by Crippen LogP contribution is -2.32. The van der Waals surface area contributed by atoms with Gasteiger partial charge in [-0.3, -0.25) is 0 Å². The van der Waals surface area contributed by atoms with Gasteiger partial charge in [0.2, 0.25) is 10.0 Å². The summed E-state index contributed by atoms with van der Waals surface area (Å²) in [7, 11) is -1.49. The van der Waals surface area contributed by atoms with E-state index in [0.717, 1.165) is 12.1 Å². The molecule has 1 N–H and O–H groups in total. The van der Waals surface area contributed by atoms with Crippen LogP contribution in [0.3, 0.4) is 0 Å². The summed E-state index contributed by atoms with van der Waals surface area (Å²) in [5, 5.41) is 3.31. The topological polar surface area (TPSA) is 49.4 Å². The van der Waals surface area contributed by atoms with Crippen LogP contribution in [-0.4, -0.2) is 44.7 Å². The number of likely N-dealkylation sites (N-methyl/N-ethyl adjacent to an activating group) is 1. The van der Waals surface area contributed by atoms with Gasteiger partial charge in [-0.15, -0.1) is 0 Å². The third-order valence-corrected chi connectivity index (χ3v) is 4.44. The van der Waals surface area contributed by atoms with E-state index in [4.69, 9.17) is 0 Å². The zero-order chi connectivity index (χ0) is 12.2. The average molecular weight is 246 g/mol. The third kappa shape index (κ3) is 5.09. The van der Waals surface area contributed by atoms with Gasteiger partial charge in [0.05, 0.1) is 5.75 Å². The number of sulfonamides is 1. The van der Waals surface area contributed by atoms with Crippen molar-refractivity contribution in [1.82, 2.24) is 9.62 Å². The molecule has 0 bridgehead atoms. The van der Waals surface area contributed by atoms with Gasteiger partial charge in [-0.2, -0.15) is 0 Å². The van der Waals surface area contributed by atoms with E-state index in [1.807, 2.05) is 6.92 Å². The Morgan fingerprint density at radius 3 is 2.62 bits per heavy atom. The van der Waals surface area contributed by atoms with Gasteiger partial charge in [-0.05, 0) is 32.7 Å². The van der Waals surface area contributed by atoms with E-state index >= 15 is 0 Å². The highest BCUT2D eigenvalue weighted by molar-refractivity contribution is 7.89. The van der Waals surface area contributed by atoms with Crippen LogP contribution in [0.5, 0.6) is 0 Å². The molecule has 0 saturated heterocycles. The normalized spacial score (nSPS) is 16.7. The van der Waals surface area contributed by atoms with Crippen LogP contribution in [0.1, 0.15) is 26.2 Å². The van der Waals surface area contributed by atoms with Crippen molar-refractivity contribution in [2.45, 2.75) is 32.2 Å². The summed E-state index contributed by atoms with van der Waals surface area (Å²) in [6, 6.07) is 0.649. The highest BCUT2D eigenvalue weighted by Gasteiger charge is 2.21. The van der Waals surface area contributed by atoms with Gasteiger partial charge in [-0.25, -0.2) is 12.7 Å². The van der Waals surface area contributed by atoms with E-state index in [1.165, 1.54) is 17.1 Å². The molecule has 0 spiro atoms. The van der Waals surface area contributed by atoms with Gasteiger partial charge in [0.15, 0.2) is 0 Å². The van der Waals surface area contributed by atoms with Crippen LogP contribution in [-0.2, 0) is 10.0 Å². The van der Waals surface area contributed by atoms with Crippen molar-refractivity contribution in [2.75, 3.05) is 25.9 Å². The van der Waals surface area contributed by atoms with Crippen LogP contribution in [0.25, 0.3) is 0 Å². The summed E-state index contributed by atoms with van der Waals surface area (Å²) < 4.78 is 24.9. The Morgan fingerprint density at radius 1 is 1.50 bits per heavy atom. The van der Waals surface area contributed by atoms with Gasteiger partial charge in [0.25, 0.3) is 0 Å². The molecular weight excluding hydrogens is 224 g/mol. The summed E-state index contributed by atoms with van der Waals surface area (Å²) in [5.41, 5.74) is 0.863. The minimum atomic E-state index is -3.10. The van der Waals surface area contributed by atoms with E-state index in [0.29, 0.717) is 19.0 Å². The molecule has 0 radical (unpaired) electrons. The van der Waals surface area contributed by atoms with Crippen LogP contribution in [0.2, 0.25) is 0 Å². The third-order valence-electron chi connectivity index (χ3n) is 2.56. The standard InChI is InChI=1S/C11H22N2O2S/c1-10(2)9-13(3)16(14,15)8-4-7-12-11-5-6-11/h11-12H,1,4-9H2,2-3H3. The SMILES string of the molecule is C=C(C)CN(C)S(=O)(=O)CCCNC1CC1. The summed E-state index contributed by atoms with van der Waals surface area (Å²) in [4.78, 5) is 0. The molecule has 4 nitrogen and oxygen atoms in total. The second-order valence-corrected chi connectivity index (χ2v) is 6.81. The molecule has 1 rings (SSSR count). The summed E-state index contributed by atoms with van der Waals surface area (Å²) >= 11 is 0. The first kappa shape index (κ1) is 13.7. The number of hydrogen-bond donors (Lipinski definition) is 1. The number of nitrogens with zero attached hydrogens (tertiary/aromatic N) is 1. The minimum absolute atomic E-state index is 0.219. The lowest BCUT2D eigenvalue weighted by molar-refractivity contribution is 0.490. The Morgan fingerprint density at radius 2 is 2.12 bits per heavy atom. The lowest BCUT2D eigenvalue weighted by atomic mass is 10.4. The second-order valence-electron chi connectivity index (χ2n) is 4.61. The van der Waals surface area contributed by atoms with E-state index in [-0.39, 0.29) is 5.75 Å². The van der Waals surface area contributed by atoms with Crippen molar-refractivity contribution in [3.8, 4) is 0 Å². The molecule has 0 aromatic carbocycles. The van der Waals surface area contributed by atoms with Crippen molar-refractivity contribution >= 4 is 10.0 Å². The largest absolute Gasteiger partial charge is 0.314 e. The first-order valence-electron chi connectivity index (χ1n) is 5.73. The summed E-state index contributed by atoms with van der Waals surface area (Å²) in [6.45, 7) is 6.76. The maximum absolute atomic E-state index is 11.8. The highest BCUT2D eigenvalue weighted by atomic mass is 32.2.